The predicted molar refractivity (Wildman–Crippen MR) is 262 cm³/mol. The van der Waals surface area contributed by atoms with Gasteiger partial charge in [-0.1, -0.05) is 148 Å². The van der Waals surface area contributed by atoms with Gasteiger partial charge in [0.05, 0.1) is 33.1 Å². The van der Waals surface area contributed by atoms with Crippen LogP contribution < -0.4 is 5.56 Å². The molecule has 0 unspecified atom stereocenters. The lowest BCUT2D eigenvalue weighted by atomic mass is 9.81. The molecule has 0 amide bonds. The van der Waals surface area contributed by atoms with Crippen molar-refractivity contribution in [1.82, 2.24) is 13.5 Å². The zero-order valence-electron chi connectivity index (χ0n) is 34.4. The van der Waals surface area contributed by atoms with Crippen LogP contribution in [0, 0.1) is 0 Å². The highest BCUT2D eigenvalue weighted by atomic mass is 16.1. The first kappa shape index (κ1) is 34.9. The van der Waals surface area contributed by atoms with Crippen LogP contribution in [0.1, 0.15) is 36.1 Å². The third-order valence-corrected chi connectivity index (χ3v) is 13.9. The maximum Gasteiger partial charge on any atom is 0.263 e. The number of hydrogen-bond acceptors (Lipinski definition) is 1. The van der Waals surface area contributed by atoms with Gasteiger partial charge in [-0.15, -0.1) is 0 Å². The number of benzene rings is 8. The SMILES string of the molecule is C=Cc1c(C=C)c2cccc3c4cc(-c5cccc(-n6c7ccccc7c7cc(-n8c9ccccc9c9ccc%10c(c98)C(C)(C)c8ccccc8-%10)ccc76)c5)ccc4n(c1=O)c23. The fourth-order valence-corrected chi connectivity index (χ4v) is 11.3. The van der Waals surface area contributed by atoms with Gasteiger partial charge in [0.25, 0.3) is 5.56 Å². The summed E-state index contributed by atoms with van der Waals surface area (Å²) >= 11 is 0. The Balaban J connectivity index is 1.00. The number of hydrogen-bond donors (Lipinski definition) is 0. The molecule has 0 atom stereocenters. The molecule has 0 radical (unpaired) electrons. The molecule has 0 aliphatic heterocycles. The van der Waals surface area contributed by atoms with Crippen molar-refractivity contribution in [3.05, 3.63) is 210 Å². The van der Waals surface area contributed by atoms with Crippen LogP contribution in [-0.4, -0.2) is 13.5 Å². The molecule has 0 saturated heterocycles. The van der Waals surface area contributed by atoms with Gasteiger partial charge < -0.3 is 9.13 Å². The standard InChI is InChI=1S/C58H39N3O/c1-5-38-39(6-2)57(62)61-53-29-25-35(32-47(53)45-21-14-20-44(38)55(45)61)34-15-13-16-36(31-34)59-50-23-11-9-19-42(50)48-33-37(26-30-52(48)59)60-51-24-12-8-18-41(51)46-28-27-43-40-17-7-10-22-49(40)58(3,4)54(43)56(46)60/h5-33H,1-2H2,3-4H3. The third kappa shape index (κ3) is 4.38. The van der Waals surface area contributed by atoms with Gasteiger partial charge in [-0.05, 0) is 93.5 Å². The van der Waals surface area contributed by atoms with E-state index in [1.807, 2.05) is 4.40 Å². The van der Waals surface area contributed by atoms with Crippen LogP contribution in [0.15, 0.2) is 182 Å². The number of pyridine rings is 1. The average molecular weight is 794 g/mol. The predicted octanol–water partition coefficient (Wildman–Crippen LogP) is 14.5. The van der Waals surface area contributed by atoms with Crippen molar-refractivity contribution in [2.24, 2.45) is 0 Å². The van der Waals surface area contributed by atoms with Gasteiger partial charge in [0, 0.05) is 60.1 Å². The summed E-state index contributed by atoms with van der Waals surface area (Å²) in [6, 6.07) is 59.7. The quantitative estimate of drug-likeness (QED) is 0.171. The van der Waals surface area contributed by atoms with E-state index in [1.54, 1.807) is 12.2 Å². The Morgan fingerprint density at radius 1 is 0.452 bits per heavy atom. The van der Waals surface area contributed by atoms with Crippen LogP contribution in [0.4, 0.5) is 0 Å². The fraction of sp³-hybridized carbons (Fsp3) is 0.0517. The van der Waals surface area contributed by atoms with E-state index in [0.29, 0.717) is 5.56 Å². The number of nitrogens with zero attached hydrogens (tertiary/aromatic N) is 3. The van der Waals surface area contributed by atoms with Crippen molar-refractivity contribution in [2.75, 3.05) is 0 Å². The van der Waals surface area contributed by atoms with Crippen molar-refractivity contribution < 1.29 is 0 Å². The first-order valence-corrected chi connectivity index (χ1v) is 21.3. The van der Waals surface area contributed by atoms with E-state index in [9.17, 15) is 4.79 Å². The van der Waals surface area contributed by atoms with Crippen LogP contribution in [0.2, 0.25) is 0 Å². The molecule has 4 aromatic heterocycles. The van der Waals surface area contributed by atoms with E-state index in [0.717, 1.165) is 66.3 Å². The van der Waals surface area contributed by atoms with Crippen LogP contribution in [0.3, 0.4) is 0 Å². The van der Waals surface area contributed by atoms with E-state index >= 15 is 0 Å². The van der Waals surface area contributed by atoms with E-state index in [2.05, 4.69) is 200 Å². The topological polar surface area (TPSA) is 31.3 Å². The monoisotopic (exact) mass is 793 g/mol. The summed E-state index contributed by atoms with van der Waals surface area (Å²) in [6.45, 7) is 12.8. The second-order valence-electron chi connectivity index (χ2n) is 17.3. The largest absolute Gasteiger partial charge is 0.309 e. The minimum absolute atomic E-state index is 0.0747. The maximum absolute atomic E-state index is 13.9. The molecule has 292 valence electrons. The number of para-hydroxylation sites is 3. The van der Waals surface area contributed by atoms with E-state index in [4.69, 9.17) is 0 Å². The summed E-state index contributed by atoms with van der Waals surface area (Å²) in [4.78, 5) is 13.9. The summed E-state index contributed by atoms with van der Waals surface area (Å²) in [5.41, 5.74) is 17.6. The Morgan fingerprint density at radius 2 is 1.06 bits per heavy atom. The van der Waals surface area contributed by atoms with Crippen molar-refractivity contribution >= 4 is 83.0 Å². The molecule has 13 rings (SSSR count). The normalized spacial score (nSPS) is 13.3. The van der Waals surface area contributed by atoms with E-state index < -0.39 is 0 Å². The lowest BCUT2D eigenvalue weighted by Crippen LogP contribution is -2.17. The van der Waals surface area contributed by atoms with Gasteiger partial charge in [0.1, 0.15) is 0 Å². The molecule has 0 N–H and O–H groups in total. The molecule has 12 aromatic rings. The average Bonchev–Trinajstić information content (AvgIpc) is 4.01. The second kappa shape index (κ2) is 12.3. The van der Waals surface area contributed by atoms with Crippen LogP contribution >= 0.6 is 0 Å². The molecule has 0 bridgehead atoms. The molecule has 1 aliphatic carbocycles. The Morgan fingerprint density at radius 3 is 1.89 bits per heavy atom. The summed E-state index contributed by atoms with van der Waals surface area (Å²) in [5.74, 6) is 0. The highest BCUT2D eigenvalue weighted by Gasteiger charge is 2.38. The molecule has 8 aromatic carbocycles. The highest BCUT2D eigenvalue weighted by molar-refractivity contribution is 6.17. The third-order valence-electron chi connectivity index (χ3n) is 13.9. The number of rotatable bonds is 5. The van der Waals surface area contributed by atoms with Gasteiger partial charge in [-0.25, -0.2) is 0 Å². The van der Waals surface area contributed by atoms with Gasteiger partial charge in [-0.3, -0.25) is 9.20 Å². The highest BCUT2D eigenvalue weighted by Crippen LogP contribution is 2.53. The summed E-state index contributed by atoms with van der Waals surface area (Å²) < 4.78 is 6.77. The van der Waals surface area contributed by atoms with Crippen molar-refractivity contribution in [3.63, 3.8) is 0 Å². The molecule has 62 heavy (non-hydrogen) atoms. The lowest BCUT2D eigenvalue weighted by Gasteiger charge is -2.23. The molecule has 0 spiro atoms. The van der Waals surface area contributed by atoms with Crippen LogP contribution in [-0.2, 0) is 5.41 Å². The molecule has 4 nitrogen and oxygen atoms in total. The first-order chi connectivity index (χ1) is 30.4. The Kier molecular flexibility index (Phi) is 6.92. The maximum atomic E-state index is 13.9. The Bertz CT molecular complexity index is 4020. The van der Waals surface area contributed by atoms with Crippen molar-refractivity contribution in [1.29, 1.82) is 0 Å². The molecule has 0 saturated carbocycles. The molecule has 1 aliphatic rings. The van der Waals surface area contributed by atoms with Crippen molar-refractivity contribution in [3.8, 4) is 33.6 Å². The Hall–Kier alpha value is -7.95. The molecule has 4 heteroatoms. The molecule has 4 heterocycles. The summed E-state index contributed by atoms with van der Waals surface area (Å²) in [5, 5.41) is 8.04. The van der Waals surface area contributed by atoms with Gasteiger partial charge in [0.15, 0.2) is 0 Å². The van der Waals surface area contributed by atoms with Gasteiger partial charge in [0.2, 0.25) is 0 Å². The summed E-state index contributed by atoms with van der Waals surface area (Å²) in [6.07, 6.45) is 3.42. The van der Waals surface area contributed by atoms with Crippen LogP contribution in [0.25, 0.3) is 117 Å². The minimum atomic E-state index is -0.166. The molecular formula is C58H39N3O. The van der Waals surface area contributed by atoms with E-state index in [1.165, 1.54) is 54.8 Å². The number of aromatic nitrogens is 3. The Labute approximate surface area is 357 Å². The first-order valence-electron chi connectivity index (χ1n) is 21.3. The van der Waals surface area contributed by atoms with E-state index in [-0.39, 0.29) is 11.0 Å². The van der Waals surface area contributed by atoms with Crippen LogP contribution in [0.5, 0.6) is 0 Å². The smallest absolute Gasteiger partial charge is 0.263 e. The zero-order valence-corrected chi connectivity index (χ0v) is 34.4. The minimum Gasteiger partial charge on any atom is -0.309 e. The van der Waals surface area contributed by atoms with Crippen molar-refractivity contribution in [2.45, 2.75) is 19.3 Å². The zero-order chi connectivity index (χ0) is 41.6. The molecular weight excluding hydrogens is 755 g/mol. The van der Waals surface area contributed by atoms with Gasteiger partial charge >= 0.3 is 0 Å². The second-order valence-corrected chi connectivity index (χ2v) is 17.3. The summed E-state index contributed by atoms with van der Waals surface area (Å²) in [7, 11) is 0. The molecule has 0 fully saturated rings. The number of fused-ring (bicyclic) bond motifs is 13. The fourth-order valence-electron chi connectivity index (χ4n) is 11.3. The van der Waals surface area contributed by atoms with Gasteiger partial charge in [-0.2, -0.15) is 0 Å². The lowest BCUT2D eigenvalue weighted by molar-refractivity contribution is 0.664.